The second-order valence-electron chi connectivity index (χ2n) is 7.47. The van der Waals surface area contributed by atoms with Crippen LogP contribution in [0, 0.1) is 6.92 Å². The highest BCUT2D eigenvalue weighted by molar-refractivity contribution is 7.93. The quantitative estimate of drug-likeness (QED) is 0.427. The van der Waals surface area contributed by atoms with E-state index >= 15 is 0 Å². The van der Waals surface area contributed by atoms with Gasteiger partial charge in [-0.2, -0.15) is 0 Å². The van der Waals surface area contributed by atoms with Crippen LogP contribution in [0.25, 0.3) is 16.5 Å². The van der Waals surface area contributed by atoms with Gasteiger partial charge in [0.25, 0.3) is 15.9 Å². The number of benzene rings is 3. The molecule has 0 aliphatic carbocycles. The third-order valence-corrected chi connectivity index (χ3v) is 6.90. The summed E-state index contributed by atoms with van der Waals surface area (Å²) >= 11 is 0. The lowest BCUT2D eigenvalue weighted by atomic mass is 10.1. The lowest BCUT2D eigenvalue weighted by Crippen LogP contribution is -2.14. The van der Waals surface area contributed by atoms with Gasteiger partial charge >= 0.3 is 5.97 Å². The monoisotopic (exact) mass is 447 g/mol. The summed E-state index contributed by atoms with van der Waals surface area (Å²) in [5.74, 6) is -1.32. The number of sulfonamides is 1. The summed E-state index contributed by atoms with van der Waals surface area (Å²) in [6, 6.07) is 16.0. The molecule has 0 saturated heterocycles. The molecule has 3 N–H and O–H groups in total. The van der Waals surface area contributed by atoms with Gasteiger partial charge in [-0.25, -0.2) is 13.2 Å². The van der Waals surface area contributed by atoms with Crippen molar-refractivity contribution in [3.63, 3.8) is 0 Å². The van der Waals surface area contributed by atoms with Gasteiger partial charge in [0, 0.05) is 39.6 Å². The number of aryl methyl sites for hydroxylation is 1. The van der Waals surface area contributed by atoms with Crippen molar-refractivity contribution >= 4 is 44.0 Å². The van der Waals surface area contributed by atoms with Crippen molar-refractivity contribution in [3.05, 3.63) is 83.7 Å². The van der Waals surface area contributed by atoms with E-state index in [1.165, 1.54) is 16.7 Å². The molecule has 5 rings (SSSR count). The highest BCUT2D eigenvalue weighted by Gasteiger charge is 2.26. The Hall–Kier alpha value is -4.11. The Balaban J connectivity index is 1.53. The third kappa shape index (κ3) is 3.02. The Morgan fingerprint density at radius 3 is 2.62 bits per heavy atom. The summed E-state index contributed by atoms with van der Waals surface area (Å²) in [7, 11) is -3.96. The first-order chi connectivity index (χ1) is 15.3. The molecule has 0 spiro atoms. The fraction of sp³-hybridized carbons (Fsp3) is 0.0435. The van der Waals surface area contributed by atoms with Crippen LogP contribution in [0.2, 0.25) is 0 Å². The largest absolute Gasteiger partial charge is 0.477 e. The highest BCUT2D eigenvalue weighted by atomic mass is 32.2. The Bertz CT molecular complexity index is 1550. The Kier molecular flexibility index (Phi) is 4.31. The third-order valence-electron chi connectivity index (χ3n) is 5.46. The molecular weight excluding hydrogens is 430 g/mol. The van der Waals surface area contributed by atoms with E-state index in [9.17, 15) is 23.1 Å². The van der Waals surface area contributed by atoms with E-state index < -0.39 is 16.0 Å². The van der Waals surface area contributed by atoms with Crippen molar-refractivity contribution in [2.75, 3.05) is 10.0 Å². The summed E-state index contributed by atoms with van der Waals surface area (Å²) in [4.78, 5) is 23.6. The SMILES string of the molecule is Cc1cc(NS(=O)(=O)c2ccc3c4c(cccc24)C(=O)N3)ccc1-n1cccc1C(=O)O. The van der Waals surface area contributed by atoms with Crippen LogP contribution in [0.4, 0.5) is 11.4 Å². The first-order valence-electron chi connectivity index (χ1n) is 9.68. The number of carboxylic acids is 1. The number of hydrogen-bond donors (Lipinski definition) is 3. The van der Waals surface area contributed by atoms with E-state index in [2.05, 4.69) is 10.0 Å². The normalized spacial score (nSPS) is 12.7. The number of aromatic nitrogens is 1. The molecule has 0 atom stereocenters. The number of hydrogen-bond acceptors (Lipinski definition) is 4. The molecule has 2 heterocycles. The summed E-state index contributed by atoms with van der Waals surface area (Å²) < 4.78 is 30.5. The van der Waals surface area contributed by atoms with Gasteiger partial charge in [-0.15, -0.1) is 0 Å². The molecule has 9 heteroatoms. The molecule has 4 aromatic rings. The van der Waals surface area contributed by atoms with E-state index in [0.29, 0.717) is 39.0 Å². The number of carbonyl (C=O) groups is 2. The number of amides is 1. The lowest BCUT2D eigenvalue weighted by Gasteiger charge is -2.14. The van der Waals surface area contributed by atoms with Crippen LogP contribution >= 0.6 is 0 Å². The zero-order valence-electron chi connectivity index (χ0n) is 16.8. The van der Waals surface area contributed by atoms with E-state index in [4.69, 9.17) is 0 Å². The van der Waals surface area contributed by atoms with Gasteiger partial charge in [-0.1, -0.05) is 12.1 Å². The molecule has 1 amide bonds. The average Bonchev–Trinajstić information content (AvgIpc) is 3.34. The number of carboxylic acid groups (broad SMARTS) is 1. The molecule has 160 valence electrons. The zero-order valence-corrected chi connectivity index (χ0v) is 17.6. The summed E-state index contributed by atoms with van der Waals surface area (Å²) in [5.41, 5.74) is 2.80. The molecule has 3 aromatic carbocycles. The molecule has 8 nitrogen and oxygen atoms in total. The van der Waals surface area contributed by atoms with Crippen LogP contribution < -0.4 is 10.0 Å². The average molecular weight is 447 g/mol. The van der Waals surface area contributed by atoms with Gasteiger partial charge in [-0.05, 0) is 61.0 Å². The fourth-order valence-corrected chi connectivity index (χ4v) is 5.32. The van der Waals surface area contributed by atoms with Crippen LogP contribution in [0.3, 0.4) is 0 Å². The van der Waals surface area contributed by atoms with Crippen molar-refractivity contribution < 1.29 is 23.1 Å². The topological polar surface area (TPSA) is 117 Å². The number of nitrogens with one attached hydrogen (secondary N) is 2. The highest BCUT2D eigenvalue weighted by Crippen LogP contribution is 2.37. The minimum atomic E-state index is -3.96. The van der Waals surface area contributed by atoms with E-state index in [-0.39, 0.29) is 16.5 Å². The predicted octanol–water partition coefficient (Wildman–Crippen LogP) is 4.00. The number of aromatic carboxylic acids is 1. The maximum Gasteiger partial charge on any atom is 0.352 e. The maximum atomic E-state index is 13.2. The van der Waals surface area contributed by atoms with Crippen molar-refractivity contribution in [1.29, 1.82) is 0 Å². The van der Waals surface area contributed by atoms with Gasteiger partial charge in [0.15, 0.2) is 0 Å². The van der Waals surface area contributed by atoms with Crippen LogP contribution in [-0.4, -0.2) is 30.0 Å². The van der Waals surface area contributed by atoms with E-state index in [1.54, 1.807) is 61.7 Å². The first kappa shape index (κ1) is 19.8. The molecule has 0 unspecified atom stereocenters. The van der Waals surface area contributed by atoms with Crippen LogP contribution in [0.5, 0.6) is 0 Å². The maximum absolute atomic E-state index is 13.2. The summed E-state index contributed by atoms with van der Waals surface area (Å²) in [6.45, 7) is 1.77. The second kappa shape index (κ2) is 6.96. The zero-order chi connectivity index (χ0) is 22.6. The predicted molar refractivity (Wildman–Crippen MR) is 120 cm³/mol. The Morgan fingerprint density at radius 2 is 1.88 bits per heavy atom. The smallest absolute Gasteiger partial charge is 0.352 e. The second-order valence-corrected chi connectivity index (χ2v) is 9.12. The van der Waals surface area contributed by atoms with Crippen molar-refractivity contribution in [2.45, 2.75) is 11.8 Å². The molecular formula is C23H17N3O5S. The van der Waals surface area contributed by atoms with Gasteiger partial charge in [-0.3, -0.25) is 9.52 Å². The summed E-state index contributed by atoms with van der Waals surface area (Å²) in [6.07, 6.45) is 1.64. The minimum absolute atomic E-state index is 0.0647. The number of rotatable bonds is 5. The molecule has 1 aliphatic rings. The Labute approximate surface area is 183 Å². The molecule has 0 fully saturated rings. The van der Waals surface area contributed by atoms with Crippen molar-refractivity contribution in [3.8, 4) is 5.69 Å². The van der Waals surface area contributed by atoms with Crippen molar-refractivity contribution in [2.24, 2.45) is 0 Å². The minimum Gasteiger partial charge on any atom is -0.477 e. The lowest BCUT2D eigenvalue weighted by molar-refractivity contribution is 0.0688. The molecule has 0 radical (unpaired) electrons. The molecule has 1 aliphatic heterocycles. The van der Waals surface area contributed by atoms with E-state index in [1.807, 2.05) is 0 Å². The molecule has 0 bridgehead atoms. The van der Waals surface area contributed by atoms with Crippen LogP contribution in [-0.2, 0) is 10.0 Å². The van der Waals surface area contributed by atoms with Gasteiger partial charge in [0.1, 0.15) is 5.69 Å². The molecule has 32 heavy (non-hydrogen) atoms. The van der Waals surface area contributed by atoms with Crippen LogP contribution in [0.1, 0.15) is 26.4 Å². The van der Waals surface area contributed by atoms with Gasteiger partial charge < -0.3 is 15.0 Å². The fourth-order valence-electron chi connectivity index (χ4n) is 4.06. The van der Waals surface area contributed by atoms with Gasteiger partial charge in [0.2, 0.25) is 0 Å². The molecule has 1 aromatic heterocycles. The van der Waals surface area contributed by atoms with Crippen LogP contribution in [0.15, 0.2) is 71.8 Å². The van der Waals surface area contributed by atoms with E-state index in [0.717, 1.165) is 0 Å². The molecule has 0 saturated carbocycles. The number of carbonyl (C=O) groups excluding carboxylic acids is 1. The standard InChI is InChI=1S/C23H17N3O5S/c1-13-12-14(7-9-18(13)26-11-3-6-19(26)23(28)29)25-32(30,31)20-10-8-17-21-15(20)4-2-5-16(21)22(27)24-17/h2-12,25H,1H3,(H,24,27)(H,28,29). The first-order valence-corrected chi connectivity index (χ1v) is 11.2. The van der Waals surface area contributed by atoms with Gasteiger partial charge in [0.05, 0.1) is 4.90 Å². The Morgan fingerprint density at radius 1 is 1.06 bits per heavy atom. The number of anilines is 2. The van der Waals surface area contributed by atoms with Crippen molar-refractivity contribution in [1.82, 2.24) is 4.57 Å². The summed E-state index contributed by atoms with van der Waals surface area (Å²) in [5, 5.41) is 13.1. The number of nitrogens with zero attached hydrogens (tertiary/aromatic N) is 1.